The first-order valence-electron chi connectivity index (χ1n) is 8.24. The maximum Gasteiger partial charge on any atom is 0.124 e. The molecule has 0 amide bonds. The van der Waals surface area contributed by atoms with Crippen molar-refractivity contribution in [1.82, 2.24) is 4.90 Å². The van der Waals surface area contributed by atoms with E-state index in [0.29, 0.717) is 5.92 Å². The Bertz CT molecular complexity index is 492. The van der Waals surface area contributed by atoms with Crippen LogP contribution < -0.4 is 10.5 Å². The van der Waals surface area contributed by atoms with Gasteiger partial charge in [0.15, 0.2) is 0 Å². The predicted octanol–water partition coefficient (Wildman–Crippen LogP) is 2.98. The zero-order valence-electron chi connectivity index (χ0n) is 13.5. The second-order valence-electron chi connectivity index (χ2n) is 7.30. The van der Waals surface area contributed by atoms with E-state index in [0.717, 1.165) is 30.7 Å². The summed E-state index contributed by atoms with van der Waals surface area (Å²) in [7, 11) is 0. The molecule has 21 heavy (non-hydrogen) atoms. The Balaban J connectivity index is 1.70. The zero-order valence-corrected chi connectivity index (χ0v) is 13.5. The number of fused-ring (bicyclic) bond motifs is 1. The fraction of sp³-hybridized carbons (Fsp3) is 0.667. The van der Waals surface area contributed by atoms with Crippen LogP contribution in [0.4, 0.5) is 0 Å². The Morgan fingerprint density at radius 3 is 2.67 bits per heavy atom. The van der Waals surface area contributed by atoms with E-state index in [1.165, 1.54) is 30.6 Å². The molecule has 1 aromatic rings. The molecule has 1 fully saturated rings. The van der Waals surface area contributed by atoms with Crippen LogP contribution in [0.1, 0.15) is 37.4 Å². The number of rotatable bonds is 2. The van der Waals surface area contributed by atoms with E-state index in [9.17, 15) is 0 Å². The number of piperidine rings is 1. The van der Waals surface area contributed by atoms with Crippen LogP contribution in [0.15, 0.2) is 18.2 Å². The van der Waals surface area contributed by atoms with Gasteiger partial charge in [-0.2, -0.15) is 0 Å². The van der Waals surface area contributed by atoms with Crippen molar-refractivity contribution in [3.8, 4) is 5.75 Å². The largest absolute Gasteiger partial charge is 0.493 e. The van der Waals surface area contributed by atoms with Crippen LogP contribution in [-0.4, -0.2) is 31.1 Å². The summed E-state index contributed by atoms with van der Waals surface area (Å²) >= 11 is 0. The summed E-state index contributed by atoms with van der Waals surface area (Å²) in [5.41, 5.74) is 8.98. The van der Waals surface area contributed by atoms with Gasteiger partial charge >= 0.3 is 0 Å². The number of hydrogen-bond acceptors (Lipinski definition) is 3. The van der Waals surface area contributed by atoms with Gasteiger partial charge in [-0.3, -0.25) is 0 Å². The van der Waals surface area contributed by atoms with Gasteiger partial charge in [0.2, 0.25) is 0 Å². The minimum Gasteiger partial charge on any atom is -0.493 e. The Morgan fingerprint density at radius 1 is 1.24 bits per heavy atom. The lowest BCUT2D eigenvalue weighted by atomic mass is 9.87. The summed E-state index contributed by atoms with van der Waals surface area (Å²) in [5.74, 6) is 2.97. The molecule has 0 bridgehead atoms. The number of benzene rings is 1. The predicted molar refractivity (Wildman–Crippen MR) is 86.5 cm³/mol. The highest BCUT2D eigenvalue weighted by molar-refractivity contribution is 5.40. The molecule has 2 aliphatic rings. The molecule has 2 aliphatic heterocycles. The molecule has 4 atom stereocenters. The highest BCUT2D eigenvalue weighted by Gasteiger charge is 2.31. The van der Waals surface area contributed by atoms with Crippen LogP contribution in [0.25, 0.3) is 0 Å². The quantitative estimate of drug-likeness (QED) is 0.909. The number of likely N-dealkylation sites (tertiary alicyclic amines) is 1. The summed E-state index contributed by atoms with van der Waals surface area (Å²) in [4.78, 5) is 2.59. The van der Waals surface area contributed by atoms with Crippen molar-refractivity contribution in [3.63, 3.8) is 0 Å². The van der Waals surface area contributed by atoms with Crippen LogP contribution >= 0.6 is 0 Å². The van der Waals surface area contributed by atoms with Crippen LogP contribution in [0.2, 0.25) is 0 Å². The molecule has 116 valence electrons. The van der Waals surface area contributed by atoms with Gasteiger partial charge in [-0.25, -0.2) is 0 Å². The average molecular weight is 288 g/mol. The summed E-state index contributed by atoms with van der Waals surface area (Å²) in [6.45, 7) is 11.0. The van der Waals surface area contributed by atoms with Crippen molar-refractivity contribution in [2.45, 2.75) is 33.2 Å². The van der Waals surface area contributed by atoms with Crippen LogP contribution in [0.3, 0.4) is 0 Å². The van der Waals surface area contributed by atoms with E-state index < -0.39 is 0 Å². The monoisotopic (exact) mass is 288 g/mol. The Labute approximate surface area is 128 Å². The van der Waals surface area contributed by atoms with Crippen LogP contribution in [0.5, 0.6) is 5.75 Å². The SMILES string of the molecule is Cc1ccc2c(c1)C(N)C(CN1CC(C)CC(C)C1)CO2. The van der Waals surface area contributed by atoms with Gasteiger partial charge in [0.05, 0.1) is 6.61 Å². The molecule has 0 radical (unpaired) electrons. The Morgan fingerprint density at radius 2 is 1.95 bits per heavy atom. The van der Waals surface area contributed by atoms with E-state index in [4.69, 9.17) is 10.5 Å². The molecule has 0 aromatic heterocycles. The van der Waals surface area contributed by atoms with Gasteiger partial charge in [-0.05, 0) is 31.2 Å². The first-order chi connectivity index (χ1) is 10.0. The Hall–Kier alpha value is -1.06. The van der Waals surface area contributed by atoms with Gasteiger partial charge in [-0.1, -0.05) is 31.5 Å². The van der Waals surface area contributed by atoms with Crippen molar-refractivity contribution < 1.29 is 4.74 Å². The lowest BCUT2D eigenvalue weighted by molar-refractivity contribution is 0.0883. The third-order valence-electron chi connectivity index (χ3n) is 4.92. The van der Waals surface area contributed by atoms with Gasteiger partial charge in [0, 0.05) is 37.2 Å². The lowest BCUT2D eigenvalue weighted by Gasteiger charge is -2.39. The average Bonchev–Trinajstić information content (AvgIpc) is 2.41. The molecule has 0 saturated carbocycles. The summed E-state index contributed by atoms with van der Waals surface area (Å²) in [5, 5.41) is 0. The fourth-order valence-corrected chi connectivity index (χ4v) is 4.05. The number of hydrogen-bond donors (Lipinski definition) is 1. The molecular formula is C18H28N2O. The third kappa shape index (κ3) is 3.24. The number of aryl methyl sites for hydroxylation is 1. The number of nitrogens with two attached hydrogens (primary N) is 1. The molecule has 2 heterocycles. The molecule has 1 saturated heterocycles. The van der Waals surface area contributed by atoms with Crippen molar-refractivity contribution >= 4 is 0 Å². The van der Waals surface area contributed by atoms with Crippen LogP contribution in [-0.2, 0) is 0 Å². The van der Waals surface area contributed by atoms with Crippen molar-refractivity contribution in [2.75, 3.05) is 26.2 Å². The summed E-state index contributed by atoms with van der Waals surface area (Å²) in [6, 6.07) is 6.44. The van der Waals surface area contributed by atoms with E-state index >= 15 is 0 Å². The first kappa shape index (κ1) is 14.9. The topological polar surface area (TPSA) is 38.5 Å². The van der Waals surface area contributed by atoms with Gasteiger partial charge in [-0.15, -0.1) is 0 Å². The van der Waals surface area contributed by atoms with Crippen molar-refractivity contribution in [3.05, 3.63) is 29.3 Å². The van der Waals surface area contributed by atoms with E-state index in [2.05, 4.69) is 43.9 Å². The summed E-state index contributed by atoms with van der Waals surface area (Å²) < 4.78 is 5.95. The van der Waals surface area contributed by atoms with Gasteiger partial charge in [0.1, 0.15) is 5.75 Å². The molecule has 3 nitrogen and oxygen atoms in total. The smallest absolute Gasteiger partial charge is 0.124 e. The first-order valence-corrected chi connectivity index (χ1v) is 8.24. The minimum absolute atomic E-state index is 0.0983. The fourth-order valence-electron chi connectivity index (χ4n) is 4.05. The summed E-state index contributed by atoms with van der Waals surface area (Å²) in [6.07, 6.45) is 1.35. The maximum absolute atomic E-state index is 6.54. The highest BCUT2D eigenvalue weighted by Crippen LogP contribution is 2.35. The molecule has 1 aromatic carbocycles. The second kappa shape index (κ2) is 5.98. The normalized spacial score (nSPS) is 33.3. The number of ether oxygens (including phenoxy) is 1. The second-order valence-corrected chi connectivity index (χ2v) is 7.30. The lowest BCUT2D eigenvalue weighted by Crippen LogP contribution is -2.45. The standard InChI is InChI=1S/C18H28N2O/c1-12-4-5-17-16(7-12)18(19)15(11-21-17)10-20-8-13(2)6-14(3)9-20/h4-5,7,13-15,18H,6,8-11,19H2,1-3H3. The van der Waals surface area contributed by atoms with Crippen molar-refractivity contribution in [2.24, 2.45) is 23.5 Å². The van der Waals surface area contributed by atoms with Gasteiger partial charge < -0.3 is 15.4 Å². The number of nitrogens with zero attached hydrogens (tertiary/aromatic N) is 1. The van der Waals surface area contributed by atoms with E-state index in [1.54, 1.807) is 0 Å². The maximum atomic E-state index is 6.54. The molecule has 0 spiro atoms. The van der Waals surface area contributed by atoms with Gasteiger partial charge in [0.25, 0.3) is 0 Å². The third-order valence-corrected chi connectivity index (χ3v) is 4.92. The minimum atomic E-state index is 0.0983. The molecule has 0 aliphatic carbocycles. The van der Waals surface area contributed by atoms with Crippen molar-refractivity contribution in [1.29, 1.82) is 0 Å². The van der Waals surface area contributed by atoms with Crippen LogP contribution in [0, 0.1) is 24.7 Å². The molecular weight excluding hydrogens is 260 g/mol. The Kier molecular flexibility index (Phi) is 4.23. The van der Waals surface area contributed by atoms with E-state index in [1.807, 2.05) is 0 Å². The highest BCUT2D eigenvalue weighted by atomic mass is 16.5. The molecule has 3 rings (SSSR count). The van der Waals surface area contributed by atoms with E-state index in [-0.39, 0.29) is 6.04 Å². The molecule has 4 unspecified atom stereocenters. The zero-order chi connectivity index (χ0) is 15.0. The molecule has 3 heteroatoms. The molecule has 2 N–H and O–H groups in total.